The number of nitrogens with one attached hydrogen (secondary N) is 1. The fourth-order valence-electron chi connectivity index (χ4n) is 3.00. The van der Waals surface area contributed by atoms with Crippen LogP contribution in [0.15, 0.2) is 42.5 Å². The summed E-state index contributed by atoms with van der Waals surface area (Å²) in [6.45, 7) is 2.67. The van der Waals surface area contributed by atoms with Gasteiger partial charge in [-0.1, -0.05) is 25.5 Å². The minimum absolute atomic E-state index is 0.0791. The molecule has 0 radical (unpaired) electrons. The first-order valence-corrected chi connectivity index (χ1v) is 9.12. The van der Waals surface area contributed by atoms with Crippen molar-refractivity contribution < 1.29 is 18.4 Å². The fraction of sp³-hybridized carbons (Fsp3) is 0.333. The average Bonchev–Trinajstić information content (AvgIpc) is 2.62. The number of rotatable bonds is 6. The van der Waals surface area contributed by atoms with Crippen LogP contribution in [-0.4, -0.2) is 29.8 Å². The number of hydrogen-bond donors (Lipinski definition) is 1. The number of nitrogens with zero attached hydrogens (tertiary/aromatic N) is 1. The Kier molecular flexibility index (Phi) is 5.84. The van der Waals surface area contributed by atoms with E-state index in [-0.39, 0.29) is 30.5 Å². The second-order valence-electron chi connectivity index (χ2n) is 6.83. The number of aryl methyl sites for hydroxylation is 1. The fourth-order valence-corrected chi connectivity index (χ4v) is 3.00. The first-order chi connectivity index (χ1) is 13.0. The summed E-state index contributed by atoms with van der Waals surface area (Å²) >= 11 is 0. The van der Waals surface area contributed by atoms with Crippen molar-refractivity contribution >= 4 is 17.5 Å². The van der Waals surface area contributed by atoms with E-state index in [4.69, 9.17) is 0 Å². The second kappa shape index (κ2) is 8.29. The summed E-state index contributed by atoms with van der Waals surface area (Å²) in [5.41, 5.74) is 2.04. The summed E-state index contributed by atoms with van der Waals surface area (Å²) in [6, 6.07) is 10.8. The van der Waals surface area contributed by atoms with E-state index in [1.54, 1.807) is 0 Å². The molecule has 4 nitrogen and oxygen atoms in total. The minimum atomic E-state index is -1.06. The lowest BCUT2D eigenvalue weighted by atomic mass is 9.97. The first-order valence-electron chi connectivity index (χ1n) is 9.12. The molecule has 142 valence electrons. The molecule has 3 rings (SSSR count). The van der Waals surface area contributed by atoms with E-state index in [9.17, 15) is 18.4 Å². The van der Waals surface area contributed by atoms with Crippen LogP contribution in [-0.2, 0) is 11.2 Å². The maximum absolute atomic E-state index is 13.3. The zero-order valence-electron chi connectivity index (χ0n) is 15.2. The topological polar surface area (TPSA) is 49.4 Å². The van der Waals surface area contributed by atoms with E-state index >= 15 is 0 Å². The quantitative estimate of drug-likeness (QED) is 0.833. The Labute approximate surface area is 157 Å². The molecule has 6 heteroatoms. The number of unbranched alkanes of at least 4 members (excludes halogenated alkanes) is 1. The zero-order chi connectivity index (χ0) is 19.4. The van der Waals surface area contributed by atoms with Gasteiger partial charge in [-0.3, -0.25) is 9.59 Å². The molecule has 1 N–H and O–H groups in total. The summed E-state index contributed by atoms with van der Waals surface area (Å²) < 4.78 is 26.2. The van der Waals surface area contributed by atoms with Gasteiger partial charge < -0.3 is 10.2 Å². The summed E-state index contributed by atoms with van der Waals surface area (Å²) in [5.74, 6) is -2.91. The predicted molar refractivity (Wildman–Crippen MR) is 99.4 cm³/mol. The van der Waals surface area contributed by atoms with Gasteiger partial charge in [-0.05, 0) is 48.7 Å². The van der Waals surface area contributed by atoms with E-state index in [1.807, 2.05) is 24.3 Å². The van der Waals surface area contributed by atoms with Crippen molar-refractivity contribution in [3.63, 3.8) is 0 Å². The summed E-state index contributed by atoms with van der Waals surface area (Å²) in [4.78, 5) is 26.0. The van der Waals surface area contributed by atoms with Crippen molar-refractivity contribution in [1.29, 1.82) is 0 Å². The van der Waals surface area contributed by atoms with Crippen molar-refractivity contribution in [2.45, 2.75) is 26.2 Å². The van der Waals surface area contributed by atoms with Crippen LogP contribution in [0.5, 0.6) is 0 Å². The molecule has 0 atom stereocenters. The SMILES string of the molecule is CCCCc1ccc(NC(=O)C2CN(C(=O)c3ccc(F)c(F)c3)C2)cc1. The molecule has 2 aromatic carbocycles. The lowest BCUT2D eigenvalue weighted by Gasteiger charge is -2.38. The number of hydrogen-bond acceptors (Lipinski definition) is 2. The number of anilines is 1. The van der Waals surface area contributed by atoms with Gasteiger partial charge in [-0.2, -0.15) is 0 Å². The molecule has 1 heterocycles. The number of halogens is 2. The van der Waals surface area contributed by atoms with Crippen LogP contribution in [0.1, 0.15) is 35.7 Å². The van der Waals surface area contributed by atoms with Crippen LogP contribution < -0.4 is 5.32 Å². The highest BCUT2D eigenvalue weighted by Gasteiger charge is 2.36. The van der Waals surface area contributed by atoms with Gasteiger partial charge in [0, 0.05) is 24.3 Å². The van der Waals surface area contributed by atoms with E-state index in [2.05, 4.69) is 12.2 Å². The number of amides is 2. The maximum Gasteiger partial charge on any atom is 0.254 e. The Hall–Kier alpha value is -2.76. The first kappa shape index (κ1) is 19.0. The van der Waals surface area contributed by atoms with Crippen LogP contribution in [0.2, 0.25) is 0 Å². The summed E-state index contributed by atoms with van der Waals surface area (Å²) in [6.07, 6.45) is 3.30. The van der Waals surface area contributed by atoms with Gasteiger partial charge in [0.1, 0.15) is 0 Å². The molecule has 1 aliphatic rings. The minimum Gasteiger partial charge on any atom is -0.337 e. The van der Waals surface area contributed by atoms with Crippen molar-refractivity contribution in [2.24, 2.45) is 5.92 Å². The Balaban J connectivity index is 1.50. The Bertz CT molecular complexity index is 831. The molecule has 0 unspecified atom stereocenters. The van der Waals surface area contributed by atoms with E-state index in [0.29, 0.717) is 0 Å². The molecule has 2 amide bonds. The van der Waals surface area contributed by atoms with Crippen LogP contribution in [0.4, 0.5) is 14.5 Å². The lowest BCUT2D eigenvalue weighted by Crippen LogP contribution is -2.54. The number of benzene rings is 2. The number of carbonyl (C=O) groups is 2. The highest BCUT2D eigenvalue weighted by molar-refractivity contribution is 5.98. The molecule has 0 saturated carbocycles. The van der Waals surface area contributed by atoms with E-state index < -0.39 is 17.5 Å². The third kappa shape index (κ3) is 4.51. The van der Waals surface area contributed by atoms with Gasteiger partial charge in [0.25, 0.3) is 5.91 Å². The highest BCUT2D eigenvalue weighted by Crippen LogP contribution is 2.22. The summed E-state index contributed by atoms with van der Waals surface area (Å²) in [5, 5.41) is 2.86. The smallest absolute Gasteiger partial charge is 0.254 e. The van der Waals surface area contributed by atoms with Crippen molar-refractivity contribution in [3.05, 3.63) is 65.2 Å². The zero-order valence-corrected chi connectivity index (χ0v) is 15.2. The van der Waals surface area contributed by atoms with E-state index in [1.165, 1.54) is 16.5 Å². The summed E-state index contributed by atoms with van der Waals surface area (Å²) in [7, 11) is 0. The number of carbonyl (C=O) groups excluding carboxylic acids is 2. The Morgan fingerprint density at radius 2 is 1.78 bits per heavy atom. The molecule has 2 aromatic rings. The van der Waals surface area contributed by atoms with Crippen LogP contribution in [0.3, 0.4) is 0 Å². The maximum atomic E-state index is 13.3. The van der Waals surface area contributed by atoms with Gasteiger partial charge in [0.2, 0.25) is 5.91 Å². The molecule has 0 bridgehead atoms. The van der Waals surface area contributed by atoms with Gasteiger partial charge >= 0.3 is 0 Å². The third-order valence-corrected chi connectivity index (χ3v) is 4.75. The van der Waals surface area contributed by atoms with E-state index in [0.717, 1.165) is 37.1 Å². The molecule has 0 aliphatic carbocycles. The molecule has 27 heavy (non-hydrogen) atoms. The van der Waals surface area contributed by atoms with Crippen molar-refractivity contribution in [1.82, 2.24) is 4.90 Å². The number of likely N-dealkylation sites (tertiary alicyclic amines) is 1. The molecule has 1 aliphatic heterocycles. The lowest BCUT2D eigenvalue weighted by molar-refractivity contribution is -0.123. The Morgan fingerprint density at radius 1 is 1.07 bits per heavy atom. The van der Waals surface area contributed by atoms with Gasteiger partial charge in [-0.25, -0.2) is 8.78 Å². The largest absolute Gasteiger partial charge is 0.337 e. The van der Waals surface area contributed by atoms with Gasteiger partial charge in [0.15, 0.2) is 11.6 Å². The monoisotopic (exact) mass is 372 g/mol. The molecule has 0 aromatic heterocycles. The normalized spacial score (nSPS) is 14.0. The molecular weight excluding hydrogens is 350 g/mol. The second-order valence-corrected chi connectivity index (χ2v) is 6.83. The average molecular weight is 372 g/mol. The predicted octanol–water partition coefficient (Wildman–Crippen LogP) is 4.02. The van der Waals surface area contributed by atoms with Crippen molar-refractivity contribution in [2.75, 3.05) is 18.4 Å². The molecular formula is C21H22F2N2O2. The van der Waals surface area contributed by atoms with Crippen LogP contribution >= 0.6 is 0 Å². The standard InChI is InChI=1S/C21H22F2N2O2/c1-2-3-4-14-5-8-17(9-6-14)24-20(26)16-12-25(13-16)21(27)15-7-10-18(22)19(23)11-15/h5-11,16H,2-4,12-13H2,1H3,(H,24,26). The van der Waals surface area contributed by atoms with Gasteiger partial charge in [0.05, 0.1) is 5.92 Å². The molecule has 0 spiro atoms. The van der Waals surface area contributed by atoms with Crippen LogP contribution in [0.25, 0.3) is 0 Å². The molecule has 1 fully saturated rings. The Morgan fingerprint density at radius 3 is 2.41 bits per heavy atom. The van der Waals surface area contributed by atoms with Gasteiger partial charge in [-0.15, -0.1) is 0 Å². The van der Waals surface area contributed by atoms with Crippen molar-refractivity contribution in [3.8, 4) is 0 Å². The third-order valence-electron chi connectivity index (χ3n) is 4.75. The highest BCUT2D eigenvalue weighted by atomic mass is 19.2. The van der Waals surface area contributed by atoms with Crippen LogP contribution in [0, 0.1) is 17.6 Å². The molecule has 1 saturated heterocycles.